The summed E-state index contributed by atoms with van der Waals surface area (Å²) in [6, 6.07) is 0. The Morgan fingerprint density at radius 2 is 1.67 bits per heavy atom. The van der Waals surface area contributed by atoms with Crippen LogP contribution >= 0.6 is 0 Å². The van der Waals surface area contributed by atoms with Crippen LogP contribution in [-0.2, 0) is 23.7 Å². The largest absolute Gasteiger partial charge is 0.450 e. The lowest BCUT2D eigenvalue weighted by atomic mass is 10.2. The number of azide groups is 1. The Morgan fingerprint density at radius 3 is 2.29 bits per heavy atom. The number of hydrogen-bond acceptors (Lipinski definition) is 7. The number of alkyl carbamates (subject to hydrolysis) is 1. The summed E-state index contributed by atoms with van der Waals surface area (Å²) >= 11 is 0. The van der Waals surface area contributed by atoms with Gasteiger partial charge in [-0.3, -0.25) is 4.79 Å². The van der Waals surface area contributed by atoms with Crippen LogP contribution in [0.5, 0.6) is 0 Å². The van der Waals surface area contributed by atoms with Gasteiger partial charge in [0.1, 0.15) is 0 Å². The van der Waals surface area contributed by atoms with E-state index in [0.29, 0.717) is 59.0 Å². The van der Waals surface area contributed by atoms with Gasteiger partial charge in [-0.2, -0.15) is 0 Å². The van der Waals surface area contributed by atoms with Crippen LogP contribution in [0.2, 0.25) is 0 Å². The Kier molecular flexibility index (Phi) is 16.1. The minimum Gasteiger partial charge on any atom is -0.450 e. The maximum Gasteiger partial charge on any atom is 0.407 e. The zero-order valence-electron chi connectivity index (χ0n) is 14.1. The molecule has 0 spiro atoms. The summed E-state index contributed by atoms with van der Waals surface area (Å²) in [6.45, 7) is 4.85. The van der Waals surface area contributed by atoms with E-state index < -0.39 is 6.09 Å². The van der Waals surface area contributed by atoms with E-state index in [1.54, 1.807) is 6.92 Å². The lowest BCUT2D eigenvalue weighted by molar-refractivity contribution is -0.118. The highest BCUT2D eigenvalue weighted by Crippen LogP contribution is 1.92. The molecule has 0 aliphatic heterocycles. The molecule has 0 aromatic heterocycles. The van der Waals surface area contributed by atoms with Crippen molar-refractivity contribution in [2.45, 2.75) is 19.8 Å². The van der Waals surface area contributed by atoms with Crippen LogP contribution in [0.1, 0.15) is 19.8 Å². The number of Topliss-reactive ketones (excluding diaryl/α,β-unsaturated/α-hetero) is 1. The Bertz CT molecular complexity index is 387. The number of ketones is 1. The summed E-state index contributed by atoms with van der Waals surface area (Å²) in [7, 11) is 0. The molecular weight excluding hydrogens is 320 g/mol. The molecule has 0 rings (SSSR count). The van der Waals surface area contributed by atoms with Gasteiger partial charge < -0.3 is 24.3 Å². The summed E-state index contributed by atoms with van der Waals surface area (Å²) in [6.07, 6.45) is 0.346. The van der Waals surface area contributed by atoms with Crippen molar-refractivity contribution in [3.8, 4) is 0 Å². The molecule has 138 valence electrons. The molecule has 0 saturated carbocycles. The zero-order valence-corrected chi connectivity index (χ0v) is 14.1. The predicted molar refractivity (Wildman–Crippen MR) is 85.7 cm³/mol. The van der Waals surface area contributed by atoms with E-state index in [2.05, 4.69) is 20.1 Å². The number of hydrogen-bond donors (Lipinski definition) is 1. The lowest BCUT2D eigenvalue weighted by Gasteiger charge is -2.07. The number of nitrogens with zero attached hydrogens (tertiary/aromatic N) is 3. The number of ether oxygens (including phenoxy) is 4. The molecule has 1 N–H and O–H groups in total. The molecule has 0 unspecified atom stereocenters. The molecular formula is C14H26N4O6. The molecule has 0 aliphatic rings. The molecule has 10 heteroatoms. The summed E-state index contributed by atoms with van der Waals surface area (Å²) in [5, 5.41) is 5.71. The van der Waals surface area contributed by atoms with E-state index in [0.717, 1.165) is 0 Å². The van der Waals surface area contributed by atoms with Gasteiger partial charge in [-0.05, 0) is 18.9 Å². The number of nitrogens with one attached hydrogen (secondary N) is 1. The van der Waals surface area contributed by atoms with Gasteiger partial charge in [0.05, 0.1) is 46.2 Å². The van der Waals surface area contributed by atoms with Crippen molar-refractivity contribution in [2.75, 3.05) is 59.3 Å². The highest BCUT2D eigenvalue weighted by molar-refractivity contribution is 5.83. The van der Waals surface area contributed by atoms with E-state index in [9.17, 15) is 9.59 Å². The standard InChI is InChI=1S/C14H26N4O6/c1-2-24-14(20)16-12-13(19)4-3-6-21-8-10-23-11-9-22-7-5-17-18-15/h2-12H2,1H3,(H,16,20). The van der Waals surface area contributed by atoms with E-state index in [1.165, 1.54) is 0 Å². The first-order chi connectivity index (χ1) is 11.7. The van der Waals surface area contributed by atoms with Gasteiger partial charge in [0, 0.05) is 24.5 Å². The average Bonchev–Trinajstić information content (AvgIpc) is 2.57. The second-order valence-corrected chi connectivity index (χ2v) is 4.51. The fraction of sp³-hybridized carbons (Fsp3) is 0.857. The van der Waals surface area contributed by atoms with Crippen molar-refractivity contribution in [3.05, 3.63) is 10.4 Å². The Balaban J connectivity index is 3.23. The minimum atomic E-state index is -0.582. The number of amides is 1. The minimum absolute atomic E-state index is 0.0262. The van der Waals surface area contributed by atoms with Crippen molar-refractivity contribution in [3.63, 3.8) is 0 Å². The normalized spacial score (nSPS) is 10.0. The SMILES string of the molecule is CCOC(=O)NCC(=O)CCCOCCOCCOCCN=[N+]=[N-]. The van der Waals surface area contributed by atoms with Crippen LogP contribution in [0.3, 0.4) is 0 Å². The summed E-state index contributed by atoms with van der Waals surface area (Å²) in [5.74, 6) is -0.0687. The summed E-state index contributed by atoms with van der Waals surface area (Å²) in [4.78, 5) is 25.1. The van der Waals surface area contributed by atoms with Crippen LogP contribution in [0.25, 0.3) is 10.4 Å². The summed E-state index contributed by atoms with van der Waals surface area (Å²) < 4.78 is 20.4. The van der Waals surface area contributed by atoms with E-state index in [1.807, 2.05) is 0 Å². The van der Waals surface area contributed by atoms with E-state index in [-0.39, 0.29) is 18.9 Å². The molecule has 0 bridgehead atoms. The first kappa shape index (κ1) is 22.1. The topological polar surface area (TPSA) is 132 Å². The zero-order chi connectivity index (χ0) is 17.9. The number of carbonyl (C=O) groups excluding carboxylic acids is 2. The van der Waals surface area contributed by atoms with Gasteiger partial charge in [0.2, 0.25) is 0 Å². The van der Waals surface area contributed by atoms with Crippen LogP contribution in [0, 0.1) is 0 Å². The molecule has 0 radical (unpaired) electrons. The molecule has 10 nitrogen and oxygen atoms in total. The van der Waals surface area contributed by atoms with Crippen molar-refractivity contribution < 1.29 is 28.5 Å². The molecule has 24 heavy (non-hydrogen) atoms. The van der Waals surface area contributed by atoms with Crippen LogP contribution in [-0.4, -0.2) is 71.2 Å². The van der Waals surface area contributed by atoms with Crippen LogP contribution in [0.15, 0.2) is 5.11 Å². The highest BCUT2D eigenvalue weighted by Gasteiger charge is 2.05. The quantitative estimate of drug-likeness (QED) is 0.195. The summed E-state index contributed by atoms with van der Waals surface area (Å²) in [5.41, 5.74) is 8.05. The van der Waals surface area contributed by atoms with Gasteiger partial charge in [0.25, 0.3) is 0 Å². The maximum absolute atomic E-state index is 11.5. The van der Waals surface area contributed by atoms with Gasteiger partial charge >= 0.3 is 6.09 Å². The molecule has 0 heterocycles. The maximum atomic E-state index is 11.5. The Hall–Kier alpha value is -1.87. The molecule has 0 saturated heterocycles. The van der Waals surface area contributed by atoms with E-state index >= 15 is 0 Å². The Labute approximate surface area is 141 Å². The van der Waals surface area contributed by atoms with Crippen molar-refractivity contribution in [1.82, 2.24) is 5.32 Å². The third kappa shape index (κ3) is 16.5. The molecule has 0 fully saturated rings. The van der Waals surface area contributed by atoms with Crippen molar-refractivity contribution >= 4 is 11.9 Å². The third-order valence-corrected chi connectivity index (χ3v) is 2.59. The monoisotopic (exact) mass is 346 g/mol. The van der Waals surface area contributed by atoms with Gasteiger partial charge in [-0.25, -0.2) is 4.79 Å². The highest BCUT2D eigenvalue weighted by atomic mass is 16.5. The van der Waals surface area contributed by atoms with Gasteiger partial charge in [0.15, 0.2) is 5.78 Å². The lowest BCUT2D eigenvalue weighted by Crippen LogP contribution is -2.30. The Morgan fingerprint density at radius 1 is 1.04 bits per heavy atom. The van der Waals surface area contributed by atoms with Gasteiger partial charge in [-0.1, -0.05) is 5.11 Å². The first-order valence-corrected chi connectivity index (χ1v) is 7.87. The number of rotatable bonds is 16. The molecule has 0 aliphatic carbocycles. The second-order valence-electron chi connectivity index (χ2n) is 4.51. The molecule has 0 aromatic carbocycles. The molecule has 0 atom stereocenters. The first-order valence-electron chi connectivity index (χ1n) is 7.87. The van der Waals surface area contributed by atoms with Gasteiger partial charge in [-0.15, -0.1) is 0 Å². The second kappa shape index (κ2) is 17.5. The third-order valence-electron chi connectivity index (χ3n) is 2.59. The average molecular weight is 346 g/mol. The van der Waals surface area contributed by atoms with Crippen LogP contribution in [0.4, 0.5) is 4.79 Å². The number of carbonyl (C=O) groups is 2. The fourth-order valence-corrected chi connectivity index (χ4v) is 1.50. The van der Waals surface area contributed by atoms with Crippen molar-refractivity contribution in [2.24, 2.45) is 5.11 Å². The predicted octanol–water partition coefficient (Wildman–Crippen LogP) is 1.44. The molecule has 1 amide bonds. The smallest absolute Gasteiger partial charge is 0.407 e. The van der Waals surface area contributed by atoms with Crippen molar-refractivity contribution in [1.29, 1.82) is 0 Å². The fourth-order valence-electron chi connectivity index (χ4n) is 1.50. The van der Waals surface area contributed by atoms with E-state index in [4.69, 9.17) is 19.7 Å². The van der Waals surface area contributed by atoms with Crippen LogP contribution < -0.4 is 5.32 Å². The molecule has 0 aromatic rings.